The molecule has 0 bridgehead atoms. The van der Waals surface area contributed by atoms with Gasteiger partial charge in [0.05, 0.1) is 0 Å². The summed E-state index contributed by atoms with van der Waals surface area (Å²) in [4.78, 5) is 4.43. The Bertz CT molecular complexity index is 534. The topological polar surface area (TPSA) is 29.9 Å². The summed E-state index contributed by atoms with van der Waals surface area (Å²) in [5.41, 5.74) is 2.53. The lowest BCUT2D eigenvalue weighted by Crippen LogP contribution is -2.14. The Hall–Kier alpha value is -1.32. The molecule has 0 aliphatic heterocycles. The van der Waals surface area contributed by atoms with Crippen LogP contribution in [0.3, 0.4) is 0 Å². The van der Waals surface area contributed by atoms with Gasteiger partial charge in [-0.2, -0.15) is 0 Å². The zero-order chi connectivity index (χ0) is 13.7. The molecular formula is C15H20ClN3. The molecule has 0 amide bonds. The molecule has 0 atom stereocenters. The van der Waals surface area contributed by atoms with Crippen molar-refractivity contribution in [1.82, 2.24) is 14.9 Å². The fourth-order valence-corrected chi connectivity index (χ4v) is 2.35. The number of aryl methyl sites for hydroxylation is 1. The number of imidazole rings is 1. The average Bonchev–Trinajstić information content (AvgIpc) is 2.85. The van der Waals surface area contributed by atoms with E-state index >= 15 is 0 Å². The Morgan fingerprint density at radius 1 is 1.26 bits per heavy atom. The Balaban J connectivity index is 2.24. The zero-order valence-electron chi connectivity index (χ0n) is 11.5. The second-order valence-electron chi connectivity index (χ2n) is 4.50. The second kappa shape index (κ2) is 6.73. The summed E-state index contributed by atoms with van der Waals surface area (Å²) >= 11 is 6.12. The monoisotopic (exact) mass is 277 g/mol. The minimum atomic E-state index is 0.782. The van der Waals surface area contributed by atoms with Gasteiger partial charge in [0.2, 0.25) is 0 Å². The van der Waals surface area contributed by atoms with E-state index in [2.05, 4.69) is 34.8 Å². The highest BCUT2D eigenvalue weighted by molar-refractivity contribution is 6.30. The Morgan fingerprint density at radius 2 is 2.11 bits per heavy atom. The van der Waals surface area contributed by atoms with Crippen LogP contribution < -0.4 is 5.32 Å². The summed E-state index contributed by atoms with van der Waals surface area (Å²) < 4.78 is 2.16. The Kier molecular flexibility index (Phi) is 5.00. The lowest BCUT2D eigenvalue weighted by molar-refractivity contribution is 0.699. The number of halogens is 1. The van der Waals surface area contributed by atoms with Gasteiger partial charge < -0.3 is 9.88 Å². The van der Waals surface area contributed by atoms with Crippen molar-refractivity contribution in [2.45, 2.75) is 33.4 Å². The van der Waals surface area contributed by atoms with E-state index in [0.29, 0.717) is 0 Å². The Morgan fingerprint density at radius 3 is 2.84 bits per heavy atom. The largest absolute Gasteiger partial charge is 0.335 e. The molecule has 0 unspecified atom stereocenters. The van der Waals surface area contributed by atoms with Crippen LogP contribution in [-0.4, -0.2) is 16.1 Å². The fraction of sp³-hybridized carbons (Fsp3) is 0.400. The molecule has 2 aromatic rings. The van der Waals surface area contributed by atoms with E-state index in [4.69, 9.17) is 11.6 Å². The first-order valence-corrected chi connectivity index (χ1v) is 7.10. The number of nitrogens with zero attached hydrogens (tertiary/aromatic N) is 2. The van der Waals surface area contributed by atoms with Crippen LogP contribution in [0.1, 0.15) is 30.8 Å². The summed E-state index contributed by atoms with van der Waals surface area (Å²) in [6, 6.07) is 6.09. The van der Waals surface area contributed by atoms with Crippen LogP contribution in [0.15, 0.2) is 30.6 Å². The molecule has 0 spiro atoms. The first-order valence-electron chi connectivity index (χ1n) is 6.72. The SMILES string of the molecule is CCNCc1ccc(Cl)cc1Cc1nccn1CC. The van der Waals surface area contributed by atoms with Crippen LogP contribution in [0.5, 0.6) is 0 Å². The third kappa shape index (κ3) is 3.58. The molecular weight excluding hydrogens is 258 g/mol. The zero-order valence-corrected chi connectivity index (χ0v) is 12.2. The van der Waals surface area contributed by atoms with Crippen molar-refractivity contribution in [3.63, 3.8) is 0 Å². The molecule has 0 radical (unpaired) electrons. The van der Waals surface area contributed by atoms with Crippen molar-refractivity contribution in [2.24, 2.45) is 0 Å². The normalized spacial score (nSPS) is 10.9. The smallest absolute Gasteiger partial charge is 0.113 e. The molecule has 1 N–H and O–H groups in total. The number of rotatable bonds is 6. The van der Waals surface area contributed by atoms with E-state index in [1.54, 1.807) is 0 Å². The maximum Gasteiger partial charge on any atom is 0.113 e. The van der Waals surface area contributed by atoms with E-state index in [1.807, 2.05) is 24.5 Å². The van der Waals surface area contributed by atoms with Gasteiger partial charge in [-0.05, 0) is 36.7 Å². The lowest BCUT2D eigenvalue weighted by Gasteiger charge is -2.11. The van der Waals surface area contributed by atoms with Crippen molar-refractivity contribution in [3.8, 4) is 0 Å². The van der Waals surface area contributed by atoms with E-state index in [1.165, 1.54) is 11.1 Å². The van der Waals surface area contributed by atoms with Crippen LogP contribution in [0.25, 0.3) is 0 Å². The van der Waals surface area contributed by atoms with Gasteiger partial charge in [-0.3, -0.25) is 0 Å². The summed E-state index contributed by atoms with van der Waals surface area (Å²) in [5, 5.41) is 4.14. The van der Waals surface area contributed by atoms with Crippen LogP contribution in [0.4, 0.5) is 0 Å². The first kappa shape index (κ1) is 14.1. The summed E-state index contributed by atoms with van der Waals surface area (Å²) in [5.74, 6) is 1.09. The molecule has 0 saturated heterocycles. The molecule has 1 aromatic carbocycles. The van der Waals surface area contributed by atoms with E-state index in [0.717, 1.165) is 36.9 Å². The molecule has 0 saturated carbocycles. The van der Waals surface area contributed by atoms with Gasteiger partial charge in [0.25, 0.3) is 0 Å². The third-order valence-electron chi connectivity index (χ3n) is 3.22. The van der Waals surface area contributed by atoms with Gasteiger partial charge >= 0.3 is 0 Å². The summed E-state index contributed by atoms with van der Waals surface area (Å²) in [6.45, 7) is 7.02. The van der Waals surface area contributed by atoms with Crippen molar-refractivity contribution in [1.29, 1.82) is 0 Å². The van der Waals surface area contributed by atoms with Crippen LogP contribution in [0, 0.1) is 0 Å². The first-order chi connectivity index (χ1) is 9.24. The van der Waals surface area contributed by atoms with Gasteiger partial charge in [0.1, 0.15) is 5.82 Å². The predicted molar refractivity (Wildman–Crippen MR) is 79.5 cm³/mol. The fourth-order valence-electron chi connectivity index (χ4n) is 2.16. The molecule has 19 heavy (non-hydrogen) atoms. The Labute approximate surface area is 119 Å². The molecule has 2 rings (SSSR count). The molecule has 3 nitrogen and oxygen atoms in total. The number of benzene rings is 1. The molecule has 1 heterocycles. The molecule has 0 aliphatic carbocycles. The maximum absolute atomic E-state index is 6.12. The highest BCUT2D eigenvalue weighted by atomic mass is 35.5. The van der Waals surface area contributed by atoms with Gasteiger partial charge in [-0.1, -0.05) is 24.6 Å². The maximum atomic E-state index is 6.12. The van der Waals surface area contributed by atoms with Crippen LogP contribution in [-0.2, 0) is 19.5 Å². The molecule has 0 aliphatic rings. The van der Waals surface area contributed by atoms with Crippen molar-refractivity contribution in [2.75, 3.05) is 6.54 Å². The molecule has 0 fully saturated rings. The van der Waals surface area contributed by atoms with Gasteiger partial charge in [0.15, 0.2) is 0 Å². The van der Waals surface area contributed by atoms with Crippen molar-refractivity contribution < 1.29 is 0 Å². The highest BCUT2D eigenvalue weighted by Crippen LogP contribution is 2.19. The van der Waals surface area contributed by atoms with Crippen LogP contribution in [0.2, 0.25) is 5.02 Å². The van der Waals surface area contributed by atoms with E-state index < -0.39 is 0 Å². The number of hydrogen-bond acceptors (Lipinski definition) is 2. The predicted octanol–water partition coefficient (Wildman–Crippen LogP) is 3.26. The average molecular weight is 278 g/mol. The van der Waals surface area contributed by atoms with Crippen molar-refractivity contribution in [3.05, 3.63) is 52.6 Å². The summed E-state index contributed by atoms with van der Waals surface area (Å²) in [6.07, 6.45) is 4.69. The number of hydrogen-bond donors (Lipinski definition) is 1. The van der Waals surface area contributed by atoms with E-state index in [-0.39, 0.29) is 0 Å². The molecule has 1 aromatic heterocycles. The highest BCUT2D eigenvalue weighted by Gasteiger charge is 2.08. The van der Waals surface area contributed by atoms with Crippen molar-refractivity contribution >= 4 is 11.6 Å². The lowest BCUT2D eigenvalue weighted by atomic mass is 10.0. The number of nitrogens with one attached hydrogen (secondary N) is 1. The van der Waals surface area contributed by atoms with Gasteiger partial charge in [-0.15, -0.1) is 0 Å². The minimum Gasteiger partial charge on any atom is -0.335 e. The van der Waals surface area contributed by atoms with E-state index in [9.17, 15) is 0 Å². The quantitative estimate of drug-likeness (QED) is 0.878. The molecule has 102 valence electrons. The minimum absolute atomic E-state index is 0.782. The molecule has 4 heteroatoms. The van der Waals surface area contributed by atoms with Crippen LogP contribution >= 0.6 is 11.6 Å². The third-order valence-corrected chi connectivity index (χ3v) is 3.46. The standard InChI is InChI=1S/C15H20ClN3/c1-3-17-11-12-5-6-14(16)9-13(12)10-15-18-7-8-19(15)4-2/h5-9,17H,3-4,10-11H2,1-2H3. The summed E-state index contributed by atoms with van der Waals surface area (Å²) in [7, 11) is 0. The number of aromatic nitrogens is 2. The van der Waals surface area contributed by atoms with Gasteiger partial charge in [-0.25, -0.2) is 4.98 Å². The van der Waals surface area contributed by atoms with Gasteiger partial charge in [0, 0.05) is 36.9 Å². The second-order valence-corrected chi connectivity index (χ2v) is 4.94.